The maximum atomic E-state index is 11.2. The Kier molecular flexibility index (Phi) is 5.25. The van der Waals surface area contributed by atoms with E-state index in [0.29, 0.717) is 18.3 Å². The molecule has 0 amide bonds. The Balaban J connectivity index is 1.35. The summed E-state index contributed by atoms with van der Waals surface area (Å²) in [5.74, 6) is 1.98. The van der Waals surface area contributed by atoms with Gasteiger partial charge in [0.1, 0.15) is 11.5 Å². The van der Waals surface area contributed by atoms with E-state index in [9.17, 15) is 9.90 Å². The van der Waals surface area contributed by atoms with Gasteiger partial charge in [0.05, 0.1) is 6.61 Å². The first-order valence-electron chi connectivity index (χ1n) is 10.3. The van der Waals surface area contributed by atoms with Crippen LogP contribution in [-0.2, 0) is 10.2 Å². The van der Waals surface area contributed by atoms with Gasteiger partial charge in [-0.05, 0) is 81.2 Å². The van der Waals surface area contributed by atoms with Gasteiger partial charge < -0.3 is 9.84 Å². The average Bonchev–Trinajstić information content (AvgIpc) is 3.48. The zero-order chi connectivity index (χ0) is 19.6. The van der Waals surface area contributed by atoms with Gasteiger partial charge in [0.2, 0.25) is 0 Å². The number of carbonyl (C=O) groups excluding carboxylic acids is 1. The number of benzene rings is 2. The molecule has 0 saturated heterocycles. The molecule has 0 aliphatic heterocycles. The SMILES string of the molecule is CC(=O)C=C1CCC(c2ccc(OCC3(c4ccccc4O)CC3)cc2)CC1. The second-order valence-electron chi connectivity index (χ2n) is 8.34. The zero-order valence-electron chi connectivity index (χ0n) is 16.5. The molecule has 0 unspecified atom stereocenters. The number of phenols is 1. The van der Waals surface area contributed by atoms with E-state index in [2.05, 4.69) is 24.3 Å². The first-order chi connectivity index (χ1) is 13.6. The highest BCUT2D eigenvalue weighted by molar-refractivity contribution is 5.87. The summed E-state index contributed by atoms with van der Waals surface area (Å²) < 4.78 is 6.09. The monoisotopic (exact) mass is 376 g/mol. The number of hydrogen-bond donors (Lipinski definition) is 1. The number of phenolic OH excluding ortho intramolecular Hbond substituents is 1. The molecule has 2 aliphatic carbocycles. The minimum atomic E-state index is -0.0349. The molecule has 0 aromatic heterocycles. The van der Waals surface area contributed by atoms with Gasteiger partial charge in [-0.15, -0.1) is 0 Å². The lowest BCUT2D eigenvalue weighted by Gasteiger charge is -2.24. The van der Waals surface area contributed by atoms with Crippen LogP contribution < -0.4 is 4.74 Å². The van der Waals surface area contributed by atoms with Gasteiger partial charge in [-0.25, -0.2) is 0 Å². The Hall–Kier alpha value is -2.55. The normalized spacial score (nSPS) is 20.5. The third-order valence-corrected chi connectivity index (χ3v) is 6.23. The van der Waals surface area contributed by atoms with E-state index in [0.717, 1.165) is 49.8 Å². The van der Waals surface area contributed by atoms with E-state index < -0.39 is 0 Å². The van der Waals surface area contributed by atoms with Gasteiger partial charge in [0.25, 0.3) is 0 Å². The molecule has 2 fully saturated rings. The molecule has 3 heteroatoms. The Morgan fingerprint density at radius 3 is 2.39 bits per heavy atom. The van der Waals surface area contributed by atoms with Crippen LogP contribution in [-0.4, -0.2) is 17.5 Å². The standard InChI is InChI=1S/C25H28O3/c1-18(26)16-19-6-8-20(9-7-19)21-10-12-22(13-11-21)28-17-25(14-15-25)23-4-2-3-5-24(23)27/h2-5,10-13,16,20,27H,6-9,14-15,17H2,1H3. The Morgan fingerprint density at radius 2 is 1.79 bits per heavy atom. The Labute approximate surface area is 167 Å². The third-order valence-electron chi connectivity index (χ3n) is 6.23. The fourth-order valence-corrected chi connectivity index (χ4v) is 4.38. The minimum absolute atomic E-state index is 0.0349. The molecule has 2 aliphatic rings. The number of para-hydroxylation sites is 1. The second-order valence-corrected chi connectivity index (χ2v) is 8.34. The molecule has 2 aromatic rings. The van der Waals surface area contributed by atoms with Crippen LogP contribution in [0, 0.1) is 0 Å². The molecule has 0 heterocycles. The van der Waals surface area contributed by atoms with Crippen LogP contribution in [0.2, 0.25) is 0 Å². The zero-order valence-corrected chi connectivity index (χ0v) is 16.5. The summed E-state index contributed by atoms with van der Waals surface area (Å²) in [6.07, 6.45) is 8.18. The highest BCUT2D eigenvalue weighted by Gasteiger charge is 2.46. The predicted molar refractivity (Wildman–Crippen MR) is 111 cm³/mol. The first-order valence-corrected chi connectivity index (χ1v) is 10.3. The molecule has 4 rings (SSSR count). The van der Waals surface area contributed by atoms with Gasteiger partial charge in [-0.3, -0.25) is 4.79 Å². The summed E-state index contributed by atoms with van der Waals surface area (Å²) in [6.45, 7) is 2.23. The topological polar surface area (TPSA) is 46.5 Å². The first kappa shape index (κ1) is 18.8. The van der Waals surface area contributed by atoms with Crippen LogP contribution in [0.5, 0.6) is 11.5 Å². The summed E-state index contributed by atoms with van der Waals surface area (Å²) in [5, 5.41) is 10.2. The summed E-state index contributed by atoms with van der Waals surface area (Å²) in [7, 11) is 0. The third kappa shape index (κ3) is 4.14. The summed E-state index contributed by atoms with van der Waals surface area (Å²) in [5.41, 5.74) is 3.62. The van der Waals surface area contributed by atoms with Crippen molar-refractivity contribution < 1.29 is 14.6 Å². The van der Waals surface area contributed by atoms with Crippen LogP contribution in [0.25, 0.3) is 0 Å². The number of rotatable bonds is 6. The van der Waals surface area contributed by atoms with Gasteiger partial charge in [-0.1, -0.05) is 35.9 Å². The molecular formula is C25H28O3. The lowest BCUT2D eigenvalue weighted by molar-refractivity contribution is -0.112. The maximum Gasteiger partial charge on any atom is 0.152 e. The molecule has 0 radical (unpaired) electrons. The predicted octanol–water partition coefficient (Wildman–Crippen LogP) is 5.68. The fraction of sp³-hybridized carbons (Fsp3) is 0.400. The van der Waals surface area contributed by atoms with E-state index in [1.807, 2.05) is 24.3 Å². The van der Waals surface area contributed by atoms with E-state index in [4.69, 9.17) is 4.74 Å². The van der Waals surface area contributed by atoms with Crippen molar-refractivity contribution in [3.8, 4) is 11.5 Å². The second kappa shape index (κ2) is 7.83. The lowest BCUT2D eigenvalue weighted by Crippen LogP contribution is -2.17. The van der Waals surface area contributed by atoms with Crippen LogP contribution >= 0.6 is 0 Å². The van der Waals surface area contributed by atoms with Crippen LogP contribution in [0.4, 0.5) is 0 Å². The lowest BCUT2D eigenvalue weighted by atomic mass is 9.81. The molecule has 1 N–H and O–H groups in total. The number of ether oxygens (including phenoxy) is 1. The minimum Gasteiger partial charge on any atom is -0.508 e. The smallest absolute Gasteiger partial charge is 0.152 e. The van der Waals surface area contributed by atoms with Crippen LogP contribution in [0.15, 0.2) is 60.2 Å². The van der Waals surface area contributed by atoms with Crippen molar-refractivity contribution in [1.82, 2.24) is 0 Å². The van der Waals surface area contributed by atoms with Crippen molar-refractivity contribution in [2.75, 3.05) is 6.61 Å². The maximum absolute atomic E-state index is 11.2. The molecular weight excluding hydrogens is 348 g/mol. The van der Waals surface area contributed by atoms with Gasteiger partial charge in [0, 0.05) is 11.0 Å². The van der Waals surface area contributed by atoms with Crippen molar-refractivity contribution in [1.29, 1.82) is 0 Å². The van der Waals surface area contributed by atoms with Gasteiger partial charge >= 0.3 is 0 Å². The number of carbonyl (C=O) groups is 1. The molecule has 0 spiro atoms. The summed E-state index contributed by atoms with van der Waals surface area (Å²) >= 11 is 0. The van der Waals surface area contributed by atoms with Crippen molar-refractivity contribution in [3.63, 3.8) is 0 Å². The van der Waals surface area contributed by atoms with Crippen LogP contribution in [0.1, 0.15) is 62.5 Å². The van der Waals surface area contributed by atoms with Crippen molar-refractivity contribution in [3.05, 3.63) is 71.3 Å². The molecule has 0 bridgehead atoms. The summed E-state index contributed by atoms with van der Waals surface area (Å²) in [4.78, 5) is 11.2. The fourth-order valence-electron chi connectivity index (χ4n) is 4.38. The molecule has 0 atom stereocenters. The number of hydrogen-bond acceptors (Lipinski definition) is 3. The quantitative estimate of drug-likeness (QED) is 0.660. The summed E-state index contributed by atoms with van der Waals surface area (Å²) in [6, 6.07) is 16.1. The largest absolute Gasteiger partial charge is 0.508 e. The molecule has 3 nitrogen and oxygen atoms in total. The van der Waals surface area contributed by atoms with Gasteiger partial charge in [0.15, 0.2) is 5.78 Å². The number of allylic oxidation sites excluding steroid dienone is 2. The Bertz CT molecular complexity index is 865. The van der Waals surface area contributed by atoms with Crippen molar-refractivity contribution in [2.24, 2.45) is 0 Å². The highest BCUT2D eigenvalue weighted by atomic mass is 16.5. The van der Waals surface area contributed by atoms with Gasteiger partial charge in [-0.2, -0.15) is 0 Å². The molecule has 28 heavy (non-hydrogen) atoms. The van der Waals surface area contributed by atoms with E-state index in [-0.39, 0.29) is 11.2 Å². The van der Waals surface area contributed by atoms with Crippen molar-refractivity contribution >= 4 is 5.78 Å². The van der Waals surface area contributed by atoms with E-state index in [1.54, 1.807) is 13.0 Å². The highest BCUT2D eigenvalue weighted by Crippen LogP contribution is 2.51. The molecule has 146 valence electrons. The average molecular weight is 376 g/mol. The van der Waals surface area contributed by atoms with Crippen molar-refractivity contribution in [2.45, 2.75) is 56.8 Å². The Morgan fingerprint density at radius 1 is 1.11 bits per heavy atom. The van der Waals surface area contributed by atoms with E-state index >= 15 is 0 Å². The molecule has 2 aromatic carbocycles. The number of aromatic hydroxyl groups is 1. The van der Waals surface area contributed by atoms with E-state index in [1.165, 1.54) is 11.1 Å². The van der Waals surface area contributed by atoms with Crippen LogP contribution in [0.3, 0.4) is 0 Å². The number of ketones is 1. The molecule has 2 saturated carbocycles.